The predicted octanol–water partition coefficient (Wildman–Crippen LogP) is -1.31. The van der Waals surface area contributed by atoms with Crippen LogP contribution in [0.5, 0.6) is 0 Å². The highest BCUT2D eigenvalue weighted by atomic mass is 35.5. The molecule has 1 aliphatic rings. The van der Waals surface area contributed by atoms with Crippen molar-refractivity contribution in [3.05, 3.63) is 0 Å². The van der Waals surface area contributed by atoms with Crippen LogP contribution in [0.15, 0.2) is 0 Å². The Bertz CT molecular complexity index is 60.0. The molecule has 3 N–H and O–H groups in total. The molecule has 0 aromatic carbocycles. The number of rotatable bonds is 0. The summed E-state index contributed by atoms with van der Waals surface area (Å²) in [5, 5.41) is 19.5. The van der Waals surface area contributed by atoms with E-state index in [-0.39, 0.29) is 12.4 Å². The van der Waals surface area contributed by atoms with Crippen LogP contribution in [0.25, 0.3) is 0 Å². The van der Waals surface area contributed by atoms with E-state index in [0.29, 0.717) is 13.1 Å². The second-order valence-electron chi connectivity index (χ2n) is 1.59. The lowest BCUT2D eigenvalue weighted by Gasteiger charge is -2.31. The molecule has 1 aliphatic heterocycles. The van der Waals surface area contributed by atoms with E-state index in [9.17, 15) is 0 Å². The van der Waals surface area contributed by atoms with Gasteiger partial charge in [-0.3, -0.25) is 0 Å². The van der Waals surface area contributed by atoms with Gasteiger partial charge in [-0.2, -0.15) is 0 Å². The lowest BCUT2D eigenvalue weighted by atomic mass is 10.2. The Morgan fingerprint density at radius 3 is 1.57 bits per heavy atom. The molecule has 1 fully saturated rings. The molecule has 44 valence electrons. The molecule has 3 nitrogen and oxygen atoms in total. The number of hydrogen-bond donors (Lipinski definition) is 3. The lowest BCUT2D eigenvalue weighted by molar-refractivity contribution is -0.190. The van der Waals surface area contributed by atoms with Crippen LogP contribution in [0.2, 0.25) is 0 Å². The van der Waals surface area contributed by atoms with Crippen molar-refractivity contribution >= 4 is 12.4 Å². The Labute approximate surface area is 47.8 Å². The van der Waals surface area contributed by atoms with Crippen molar-refractivity contribution in [3.63, 3.8) is 0 Å². The van der Waals surface area contributed by atoms with Crippen LogP contribution in [0.1, 0.15) is 0 Å². The number of halogens is 1. The third-order valence-electron chi connectivity index (χ3n) is 0.816. The minimum absolute atomic E-state index is 0. The largest absolute Gasteiger partial charge is 0.364 e. The maximum atomic E-state index is 8.41. The van der Waals surface area contributed by atoms with Crippen molar-refractivity contribution < 1.29 is 10.2 Å². The minimum Gasteiger partial charge on any atom is -0.364 e. The first-order valence-corrected chi connectivity index (χ1v) is 1.86. The van der Waals surface area contributed by atoms with Crippen molar-refractivity contribution in [2.24, 2.45) is 0 Å². The third-order valence-corrected chi connectivity index (χ3v) is 0.816. The number of hydrogen-bond acceptors (Lipinski definition) is 3. The molecule has 0 amide bonds. The van der Waals surface area contributed by atoms with Gasteiger partial charge in [0.1, 0.15) is 0 Å². The Hall–Kier alpha value is 0.170. The molecule has 0 atom stereocenters. The van der Waals surface area contributed by atoms with E-state index in [1.165, 1.54) is 0 Å². The van der Waals surface area contributed by atoms with Crippen molar-refractivity contribution in [2.75, 3.05) is 13.1 Å². The van der Waals surface area contributed by atoms with Gasteiger partial charge < -0.3 is 15.5 Å². The average Bonchev–Trinajstić information content (AvgIpc) is 1.32. The van der Waals surface area contributed by atoms with Crippen molar-refractivity contribution in [2.45, 2.75) is 5.79 Å². The van der Waals surface area contributed by atoms with Gasteiger partial charge in [0.25, 0.3) is 0 Å². The first-order valence-electron chi connectivity index (χ1n) is 1.86. The van der Waals surface area contributed by atoms with E-state index in [1.807, 2.05) is 0 Å². The van der Waals surface area contributed by atoms with Crippen molar-refractivity contribution in [1.82, 2.24) is 5.32 Å². The lowest BCUT2D eigenvalue weighted by Crippen LogP contribution is -2.59. The molecule has 1 rings (SSSR count). The highest BCUT2D eigenvalue weighted by Crippen LogP contribution is 2.02. The zero-order valence-corrected chi connectivity index (χ0v) is 4.53. The summed E-state index contributed by atoms with van der Waals surface area (Å²) in [6.07, 6.45) is 0. The summed E-state index contributed by atoms with van der Waals surface area (Å²) in [4.78, 5) is 0. The molecule has 0 radical (unpaired) electrons. The predicted molar refractivity (Wildman–Crippen MR) is 27.3 cm³/mol. The maximum absolute atomic E-state index is 8.41. The van der Waals surface area contributed by atoms with E-state index in [0.717, 1.165) is 0 Å². The second-order valence-corrected chi connectivity index (χ2v) is 1.59. The van der Waals surface area contributed by atoms with Crippen molar-refractivity contribution in [3.8, 4) is 0 Å². The van der Waals surface area contributed by atoms with Gasteiger partial charge in [0.2, 0.25) is 0 Å². The second kappa shape index (κ2) is 1.96. The van der Waals surface area contributed by atoms with Gasteiger partial charge in [-0.1, -0.05) is 0 Å². The highest BCUT2D eigenvalue weighted by Gasteiger charge is 2.30. The zero-order chi connectivity index (χ0) is 4.62. The number of β-amino-alcohol motifs (C(OH)–C–C–N with tert-alkyl or cyclic N) is 2. The van der Waals surface area contributed by atoms with Gasteiger partial charge in [0, 0.05) is 0 Å². The molecule has 0 saturated carbocycles. The van der Waals surface area contributed by atoms with Crippen LogP contribution in [-0.2, 0) is 0 Å². The summed E-state index contributed by atoms with van der Waals surface area (Å²) in [5.74, 6) is -1.39. The van der Waals surface area contributed by atoms with Gasteiger partial charge >= 0.3 is 0 Å². The first kappa shape index (κ1) is 7.17. The molecule has 7 heavy (non-hydrogen) atoms. The summed E-state index contributed by atoms with van der Waals surface area (Å²) < 4.78 is 0. The van der Waals surface area contributed by atoms with E-state index >= 15 is 0 Å². The van der Waals surface area contributed by atoms with E-state index in [2.05, 4.69) is 5.32 Å². The molecule has 1 saturated heterocycles. The van der Waals surface area contributed by atoms with E-state index in [1.54, 1.807) is 0 Å². The van der Waals surface area contributed by atoms with Crippen LogP contribution in [0.3, 0.4) is 0 Å². The fourth-order valence-electron chi connectivity index (χ4n) is 0.349. The summed E-state index contributed by atoms with van der Waals surface area (Å²) in [6.45, 7) is 0.625. The van der Waals surface area contributed by atoms with Gasteiger partial charge in [0.15, 0.2) is 5.79 Å². The highest BCUT2D eigenvalue weighted by molar-refractivity contribution is 5.85. The van der Waals surface area contributed by atoms with Crippen LogP contribution in [0.4, 0.5) is 0 Å². The molecule has 0 spiro atoms. The minimum atomic E-state index is -1.39. The standard InChI is InChI=1S/C3H7NO2.ClH/c5-3(6)1-4-2-3;/h4-6H,1-2H2;1H. The smallest absolute Gasteiger partial charge is 0.188 e. The first-order chi connectivity index (χ1) is 2.71. The van der Waals surface area contributed by atoms with Gasteiger partial charge in [0.05, 0.1) is 13.1 Å². The van der Waals surface area contributed by atoms with Crippen LogP contribution in [-0.4, -0.2) is 29.1 Å². The van der Waals surface area contributed by atoms with Gasteiger partial charge in [-0.05, 0) is 0 Å². The molecular formula is C3H8ClNO2. The fraction of sp³-hybridized carbons (Fsp3) is 1.00. The van der Waals surface area contributed by atoms with Crippen LogP contribution in [0, 0.1) is 0 Å². The molecule has 1 heterocycles. The monoisotopic (exact) mass is 125 g/mol. The summed E-state index contributed by atoms with van der Waals surface area (Å²) >= 11 is 0. The van der Waals surface area contributed by atoms with Crippen LogP contribution < -0.4 is 5.32 Å². The molecular weight excluding hydrogens is 117 g/mol. The maximum Gasteiger partial charge on any atom is 0.188 e. The SMILES string of the molecule is Cl.OC1(O)CNC1. The topological polar surface area (TPSA) is 52.5 Å². The molecule has 0 aromatic rings. The molecule has 0 bridgehead atoms. The summed E-state index contributed by atoms with van der Waals surface area (Å²) in [6, 6.07) is 0. The van der Waals surface area contributed by atoms with Crippen LogP contribution >= 0.6 is 12.4 Å². The van der Waals surface area contributed by atoms with Crippen molar-refractivity contribution in [1.29, 1.82) is 0 Å². The van der Waals surface area contributed by atoms with E-state index in [4.69, 9.17) is 10.2 Å². The Morgan fingerprint density at radius 1 is 1.29 bits per heavy atom. The molecule has 4 heteroatoms. The molecule has 0 aliphatic carbocycles. The third kappa shape index (κ3) is 1.61. The molecule has 0 unspecified atom stereocenters. The number of aliphatic hydroxyl groups is 2. The van der Waals surface area contributed by atoms with Gasteiger partial charge in [-0.25, -0.2) is 0 Å². The summed E-state index contributed by atoms with van der Waals surface area (Å²) in [7, 11) is 0. The van der Waals surface area contributed by atoms with Gasteiger partial charge in [-0.15, -0.1) is 12.4 Å². The quantitative estimate of drug-likeness (QED) is 0.353. The summed E-state index contributed by atoms with van der Waals surface area (Å²) in [5.41, 5.74) is 0. The Balaban J connectivity index is 0.000000360. The van der Waals surface area contributed by atoms with E-state index < -0.39 is 5.79 Å². The average molecular weight is 126 g/mol. The molecule has 0 aromatic heterocycles. The Kier molecular flexibility index (Phi) is 2.01. The Morgan fingerprint density at radius 2 is 1.57 bits per heavy atom. The fourth-order valence-corrected chi connectivity index (χ4v) is 0.349. The zero-order valence-electron chi connectivity index (χ0n) is 3.72. The number of nitrogens with one attached hydrogen (secondary N) is 1. The normalized spacial score (nSPS) is 24.9.